The van der Waals surface area contributed by atoms with Crippen LogP contribution in [0.4, 0.5) is 4.39 Å². The fourth-order valence-corrected chi connectivity index (χ4v) is 2.76. The molecule has 1 fully saturated rings. The van der Waals surface area contributed by atoms with Gasteiger partial charge in [-0.05, 0) is 45.4 Å². The fraction of sp³-hybridized carbons (Fsp3) is 0.562. The van der Waals surface area contributed by atoms with E-state index < -0.39 is 5.54 Å². The monoisotopic (exact) mass is 295 g/mol. The van der Waals surface area contributed by atoms with E-state index in [4.69, 9.17) is 9.47 Å². The maximum atomic E-state index is 13.3. The SMILES string of the molecule is CCOC(=O)C1(NC)CCC(Oc2cc(F)ccc2C)C1. The average Bonchev–Trinajstić information content (AvgIpc) is 2.88. The summed E-state index contributed by atoms with van der Waals surface area (Å²) >= 11 is 0. The molecule has 21 heavy (non-hydrogen) atoms. The van der Waals surface area contributed by atoms with Crippen LogP contribution in [0.1, 0.15) is 31.7 Å². The number of rotatable bonds is 5. The van der Waals surface area contributed by atoms with Crippen LogP contribution in [-0.4, -0.2) is 31.3 Å². The number of hydrogen-bond donors (Lipinski definition) is 1. The maximum absolute atomic E-state index is 13.3. The molecule has 0 amide bonds. The van der Waals surface area contributed by atoms with Gasteiger partial charge in [0.15, 0.2) is 0 Å². The molecule has 1 saturated carbocycles. The summed E-state index contributed by atoms with van der Waals surface area (Å²) in [6, 6.07) is 4.49. The van der Waals surface area contributed by atoms with E-state index in [9.17, 15) is 9.18 Å². The van der Waals surface area contributed by atoms with Crippen LogP contribution in [0, 0.1) is 12.7 Å². The summed E-state index contributed by atoms with van der Waals surface area (Å²) in [5.74, 6) is -0.0239. The van der Waals surface area contributed by atoms with Gasteiger partial charge in [0.25, 0.3) is 0 Å². The van der Waals surface area contributed by atoms with Crippen molar-refractivity contribution in [3.8, 4) is 5.75 Å². The van der Waals surface area contributed by atoms with E-state index in [2.05, 4.69) is 5.32 Å². The summed E-state index contributed by atoms with van der Waals surface area (Å²) in [5.41, 5.74) is 0.191. The highest BCUT2D eigenvalue weighted by Crippen LogP contribution is 2.34. The van der Waals surface area contributed by atoms with Crippen LogP contribution < -0.4 is 10.1 Å². The zero-order chi connectivity index (χ0) is 15.5. The second-order valence-corrected chi connectivity index (χ2v) is 5.45. The minimum atomic E-state index is -0.693. The smallest absolute Gasteiger partial charge is 0.326 e. The second-order valence-electron chi connectivity index (χ2n) is 5.45. The van der Waals surface area contributed by atoms with Crippen molar-refractivity contribution in [2.24, 2.45) is 0 Å². The van der Waals surface area contributed by atoms with E-state index in [1.807, 2.05) is 6.92 Å². The molecule has 0 aliphatic heterocycles. The van der Waals surface area contributed by atoms with Crippen LogP contribution in [0.3, 0.4) is 0 Å². The molecule has 1 N–H and O–H groups in total. The summed E-state index contributed by atoms with van der Waals surface area (Å²) in [4.78, 5) is 12.1. The van der Waals surface area contributed by atoms with Crippen LogP contribution in [0.5, 0.6) is 5.75 Å². The van der Waals surface area contributed by atoms with Gasteiger partial charge in [0, 0.05) is 12.5 Å². The third kappa shape index (κ3) is 3.35. The highest BCUT2D eigenvalue weighted by Gasteiger charge is 2.46. The molecule has 0 aromatic heterocycles. The van der Waals surface area contributed by atoms with Gasteiger partial charge in [-0.1, -0.05) is 6.07 Å². The molecule has 0 spiro atoms. The van der Waals surface area contributed by atoms with Gasteiger partial charge in [0.1, 0.15) is 23.2 Å². The Bertz CT molecular complexity index is 520. The lowest BCUT2D eigenvalue weighted by Gasteiger charge is -2.26. The Labute approximate surface area is 124 Å². The minimum Gasteiger partial charge on any atom is -0.490 e. The van der Waals surface area contributed by atoms with Gasteiger partial charge in [0.2, 0.25) is 0 Å². The van der Waals surface area contributed by atoms with Crippen molar-refractivity contribution in [2.75, 3.05) is 13.7 Å². The van der Waals surface area contributed by atoms with Crippen LogP contribution >= 0.6 is 0 Å². The number of carbonyl (C=O) groups excluding carboxylic acids is 1. The topological polar surface area (TPSA) is 47.6 Å². The molecule has 0 radical (unpaired) electrons. The summed E-state index contributed by atoms with van der Waals surface area (Å²) in [7, 11) is 1.76. The molecular weight excluding hydrogens is 273 g/mol. The normalized spacial score (nSPS) is 24.9. The number of likely N-dealkylation sites (N-methyl/N-ethyl adjacent to an activating group) is 1. The van der Waals surface area contributed by atoms with Crippen molar-refractivity contribution in [3.05, 3.63) is 29.6 Å². The molecule has 2 rings (SSSR count). The van der Waals surface area contributed by atoms with Gasteiger partial charge in [-0.15, -0.1) is 0 Å². The van der Waals surface area contributed by atoms with E-state index in [1.54, 1.807) is 20.0 Å². The highest BCUT2D eigenvalue weighted by atomic mass is 19.1. The van der Waals surface area contributed by atoms with Crippen molar-refractivity contribution in [1.82, 2.24) is 5.32 Å². The van der Waals surface area contributed by atoms with Crippen LogP contribution in [0.15, 0.2) is 18.2 Å². The molecule has 1 aliphatic rings. The standard InChI is InChI=1S/C16H22FNO3/c1-4-20-15(19)16(18-3)8-7-13(10-16)21-14-9-12(17)6-5-11(14)2/h5-6,9,13,18H,4,7-8,10H2,1-3H3. The van der Waals surface area contributed by atoms with Crippen LogP contribution in [0.2, 0.25) is 0 Å². The predicted octanol–water partition coefficient (Wildman–Crippen LogP) is 2.59. The minimum absolute atomic E-state index is 0.123. The Hall–Kier alpha value is -1.62. The number of esters is 1. The molecular formula is C16H22FNO3. The molecule has 2 atom stereocenters. The van der Waals surface area contributed by atoms with Gasteiger partial charge in [-0.25, -0.2) is 4.39 Å². The van der Waals surface area contributed by atoms with Crippen molar-refractivity contribution in [1.29, 1.82) is 0 Å². The molecule has 1 aromatic carbocycles. The van der Waals surface area contributed by atoms with Crippen molar-refractivity contribution < 1.29 is 18.7 Å². The summed E-state index contributed by atoms with van der Waals surface area (Å²) < 4.78 is 24.3. The van der Waals surface area contributed by atoms with E-state index in [1.165, 1.54) is 12.1 Å². The summed E-state index contributed by atoms with van der Waals surface area (Å²) in [6.45, 7) is 4.03. The van der Waals surface area contributed by atoms with Crippen molar-refractivity contribution in [2.45, 2.75) is 44.8 Å². The van der Waals surface area contributed by atoms with E-state index in [0.29, 0.717) is 25.2 Å². The van der Waals surface area contributed by atoms with Gasteiger partial charge >= 0.3 is 5.97 Å². The number of nitrogens with one attached hydrogen (secondary N) is 1. The third-order valence-corrected chi connectivity index (χ3v) is 4.06. The molecule has 2 unspecified atom stereocenters. The lowest BCUT2D eigenvalue weighted by Crippen LogP contribution is -2.49. The zero-order valence-corrected chi connectivity index (χ0v) is 12.7. The molecule has 5 heteroatoms. The fourth-order valence-electron chi connectivity index (χ4n) is 2.76. The first-order valence-corrected chi connectivity index (χ1v) is 7.29. The largest absolute Gasteiger partial charge is 0.490 e. The first kappa shape index (κ1) is 15.8. The van der Waals surface area contributed by atoms with Crippen LogP contribution in [-0.2, 0) is 9.53 Å². The van der Waals surface area contributed by atoms with Crippen molar-refractivity contribution in [3.63, 3.8) is 0 Å². The van der Waals surface area contributed by atoms with Gasteiger partial charge in [-0.2, -0.15) is 0 Å². The Morgan fingerprint density at radius 2 is 2.29 bits per heavy atom. The second kappa shape index (κ2) is 6.43. The summed E-state index contributed by atoms with van der Waals surface area (Å²) in [5, 5.41) is 3.08. The Kier molecular flexibility index (Phi) is 4.83. The lowest BCUT2D eigenvalue weighted by molar-refractivity contribution is -0.151. The van der Waals surface area contributed by atoms with E-state index in [-0.39, 0.29) is 17.9 Å². The molecule has 116 valence electrons. The van der Waals surface area contributed by atoms with Crippen LogP contribution in [0.25, 0.3) is 0 Å². The average molecular weight is 295 g/mol. The predicted molar refractivity (Wildman–Crippen MR) is 77.8 cm³/mol. The number of hydrogen-bond acceptors (Lipinski definition) is 4. The number of carbonyl (C=O) groups is 1. The quantitative estimate of drug-likeness (QED) is 0.848. The molecule has 0 heterocycles. The Morgan fingerprint density at radius 3 is 2.95 bits per heavy atom. The van der Waals surface area contributed by atoms with Crippen molar-refractivity contribution >= 4 is 5.97 Å². The number of ether oxygens (including phenoxy) is 2. The summed E-state index contributed by atoms with van der Waals surface area (Å²) in [6.07, 6.45) is 1.79. The van der Waals surface area contributed by atoms with Gasteiger partial charge in [-0.3, -0.25) is 4.79 Å². The van der Waals surface area contributed by atoms with Gasteiger partial charge < -0.3 is 14.8 Å². The lowest BCUT2D eigenvalue weighted by atomic mass is 9.98. The molecule has 0 bridgehead atoms. The van der Waals surface area contributed by atoms with E-state index >= 15 is 0 Å². The molecule has 1 aliphatic carbocycles. The third-order valence-electron chi connectivity index (χ3n) is 4.06. The number of aryl methyl sites for hydroxylation is 1. The number of halogens is 1. The Morgan fingerprint density at radius 1 is 1.52 bits per heavy atom. The molecule has 1 aromatic rings. The van der Waals surface area contributed by atoms with Gasteiger partial charge in [0.05, 0.1) is 6.61 Å². The van der Waals surface area contributed by atoms with E-state index in [0.717, 1.165) is 12.0 Å². The first-order chi connectivity index (χ1) is 10.0. The number of benzene rings is 1. The zero-order valence-electron chi connectivity index (χ0n) is 12.7. The Balaban J connectivity index is 2.07. The molecule has 0 saturated heterocycles. The highest BCUT2D eigenvalue weighted by molar-refractivity contribution is 5.81. The first-order valence-electron chi connectivity index (χ1n) is 7.29. The maximum Gasteiger partial charge on any atom is 0.326 e. The molecule has 4 nitrogen and oxygen atoms in total.